The van der Waals surface area contributed by atoms with E-state index >= 15 is 0 Å². The number of aromatic nitrogens is 2. The van der Waals surface area contributed by atoms with Crippen molar-refractivity contribution in [1.29, 1.82) is 0 Å². The van der Waals surface area contributed by atoms with E-state index in [0.717, 1.165) is 11.9 Å². The Bertz CT molecular complexity index is 1620. The summed E-state index contributed by atoms with van der Waals surface area (Å²) in [5.41, 5.74) is 10.4. The SMILES string of the molecule is Cc1ccc2c(c1)c1c(CC(C)C)cc3ccnc4c5cc(C)cc(C)c5n2c1c34. The normalized spacial score (nSPS) is 12.6. The molecule has 3 heterocycles. The molecule has 0 unspecified atom stereocenters. The molecule has 30 heavy (non-hydrogen) atoms. The van der Waals surface area contributed by atoms with E-state index in [0.29, 0.717) is 5.92 Å². The summed E-state index contributed by atoms with van der Waals surface area (Å²) in [5.74, 6) is 0.606. The smallest absolute Gasteiger partial charge is 0.0822 e. The molecule has 0 aliphatic heterocycles. The second kappa shape index (κ2) is 5.95. The van der Waals surface area contributed by atoms with Crippen molar-refractivity contribution >= 4 is 49.0 Å². The highest BCUT2D eigenvalue weighted by molar-refractivity contribution is 6.28. The van der Waals surface area contributed by atoms with E-state index in [1.54, 1.807) is 0 Å². The van der Waals surface area contributed by atoms with Crippen LogP contribution in [0.15, 0.2) is 48.7 Å². The quantitative estimate of drug-likeness (QED) is 0.221. The lowest BCUT2D eigenvalue weighted by molar-refractivity contribution is 0.651. The van der Waals surface area contributed by atoms with E-state index in [9.17, 15) is 0 Å². The van der Waals surface area contributed by atoms with E-state index in [1.165, 1.54) is 65.7 Å². The molecule has 0 saturated heterocycles. The molecule has 0 fully saturated rings. The van der Waals surface area contributed by atoms with Gasteiger partial charge in [0.2, 0.25) is 0 Å². The molecule has 148 valence electrons. The molecule has 0 aliphatic carbocycles. The van der Waals surface area contributed by atoms with Gasteiger partial charge in [0.15, 0.2) is 0 Å². The second-order valence-corrected chi connectivity index (χ2v) is 9.45. The summed E-state index contributed by atoms with van der Waals surface area (Å²) in [4.78, 5) is 4.91. The van der Waals surface area contributed by atoms with E-state index < -0.39 is 0 Å². The lowest BCUT2D eigenvalue weighted by Gasteiger charge is -2.16. The Balaban J connectivity index is 2.04. The Labute approximate surface area is 176 Å². The first kappa shape index (κ1) is 17.7. The van der Waals surface area contributed by atoms with Crippen molar-refractivity contribution in [2.75, 3.05) is 0 Å². The number of nitrogens with zero attached hydrogens (tertiary/aromatic N) is 2. The van der Waals surface area contributed by atoms with Gasteiger partial charge in [-0.2, -0.15) is 0 Å². The number of hydrogen-bond acceptors (Lipinski definition) is 1. The highest BCUT2D eigenvalue weighted by Gasteiger charge is 2.22. The number of fused-ring (bicyclic) bond motifs is 6. The minimum absolute atomic E-state index is 0.606. The van der Waals surface area contributed by atoms with Crippen molar-refractivity contribution in [2.45, 2.75) is 41.0 Å². The Hall–Kier alpha value is -3.13. The molecule has 0 bridgehead atoms. The van der Waals surface area contributed by atoms with Crippen LogP contribution in [0.3, 0.4) is 0 Å². The molecule has 3 aromatic heterocycles. The van der Waals surface area contributed by atoms with Crippen molar-refractivity contribution in [2.24, 2.45) is 5.92 Å². The molecule has 0 amide bonds. The van der Waals surface area contributed by atoms with Crippen LogP contribution in [0.1, 0.15) is 36.1 Å². The first-order valence-electron chi connectivity index (χ1n) is 10.9. The van der Waals surface area contributed by atoms with Crippen molar-refractivity contribution in [3.63, 3.8) is 0 Å². The summed E-state index contributed by atoms with van der Waals surface area (Å²) < 4.78 is 2.52. The standard InChI is InChI=1S/C28H26N2/c1-15(2)10-20-14-19-8-9-29-26-22-13-17(4)11-18(5)27(22)30-23-7-6-16(3)12-21(23)24(20)28(30)25(19)26/h6-9,11-15H,10H2,1-5H3. The van der Waals surface area contributed by atoms with Crippen LogP contribution in [0.4, 0.5) is 0 Å². The van der Waals surface area contributed by atoms with Gasteiger partial charge in [-0.05, 0) is 73.9 Å². The van der Waals surface area contributed by atoms with Gasteiger partial charge in [-0.25, -0.2) is 0 Å². The molecule has 0 aliphatic rings. The molecular formula is C28H26N2. The van der Waals surface area contributed by atoms with Crippen LogP contribution in [-0.2, 0) is 6.42 Å². The lowest BCUT2D eigenvalue weighted by Crippen LogP contribution is -1.99. The summed E-state index contributed by atoms with van der Waals surface area (Å²) in [5, 5.41) is 6.63. The number of aryl methyl sites for hydroxylation is 3. The highest BCUT2D eigenvalue weighted by atomic mass is 14.9. The third kappa shape index (κ3) is 2.22. The fraction of sp³-hybridized carbons (Fsp3) is 0.250. The van der Waals surface area contributed by atoms with Gasteiger partial charge in [0.1, 0.15) is 0 Å². The molecule has 2 heteroatoms. The van der Waals surface area contributed by atoms with Crippen LogP contribution in [0.25, 0.3) is 49.0 Å². The van der Waals surface area contributed by atoms with Gasteiger partial charge in [0, 0.05) is 27.7 Å². The van der Waals surface area contributed by atoms with E-state index in [4.69, 9.17) is 4.98 Å². The highest BCUT2D eigenvalue weighted by Crippen LogP contribution is 2.43. The van der Waals surface area contributed by atoms with Crippen LogP contribution in [-0.4, -0.2) is 9.38 Å². The minimum Gasteiger partial charge on any atom is -0.308 e. The number of hydrogen-bond donors (Lipinski definition) is 0. The number of benzene rings is 3. The fourth-order valence-corrected chi connectivity index (χ4v) is 5.55. The molecular weight excluding hydrogens is 364 g/mol. The Morgan fingerprint density at radius 1 is 0.833 bits per heavy atom. The monoisotopic (exact) mass is 390 g/mol. The first-order chi connectivity index (χ1) is 14.4. The maximum Gasteiger partial charge on any atom is 0.0822 e. The number of pyridine rings is 2. The zero-order valence-electron chi connectivity index (χ0n) is 18.3. The largest absolute Gasteiger partial charge is 0.308 e. The summed E-state index contributed by atoms with van der Waals surface area (Å²) in [6.07, 6.45) is 3.06. The maximum atomic E-state index is 4.91. The zero-order chi connectivity index (χ0) is 20.7. The molecule has 0 N–H and O–H groups in total. The molecule has 6 aromatic rings. The first-order valence-corrected chi connectivity index (χ1v) is 10.9. The lowest BCUT2D eigenvalue weighted by atomic mass is 9.93. The van der Waals surface area contributed by atoms with E-state index in [2.05, 4.69) is 81.5 Å². The van der Waals surface area contributed by atoms with Gasteiger partial charge in [-0.15, -0.1) is 0 Å². The summed E-state index contributed by atoms with van der Waals surface area (Å²) >= 11 is 0. The summed E-state index contributed by atoms with van der Waals surface area (Å²) in [6.45, 7) is 11.2. The molecule has 0 radical (unpaired) electrons. The van der Waals surface area contributed by atoms with Crippen molar-refractivity contribution in [1.82, 2.24) is 9.38 Å². The van der Waals surface area contributed by atoms with Crippen molar-refractivity contribution in [3.8, 4) is 0 Å². The molecule has 2 nitrogen and oxygen atoms in total. The van der Waals surface area contributed by atoms with Crippen molar-refractivity contribution in [3.05, 3.63) is 70.9 Å². The maximum absolute atomic E-state index is 4.91. The average Bonchev–Trinajstić information content (AvgIpc) is 3.01. The Morgan fingerprint density at radius 2 is 1.63 bits per heavy atom. The van der Waals surface area contributed by atoms with Gasteiger partial charge in [-0.1, -0.05) is 43.2 Å². The van der Waals surface area contributed by atoms with Crippen LogP contribution in [0.5, 0.6) is 0 Å². The predicted molar refractivity (Wildman–Crippen MR) is 129 cm³/mol. The third-order valence-electron chi connectivity index (χ3n) is 6.55. The Kier molecular flexibility index (Phi) is 3.51. The third-order valence-corrected chi connectivity index (χ3v) is 6.55. The van der Waals surface area contributed by atoms with Crippen LogP contribution in [0.2, 0.25) is 0 Å². The minimum atomic E-state index is 0.606. The van der Waals surface area contributed by atoms with Crippen LogP contribution < -0.4 is 0 Å². The molecule has 3 aromatic carbocycles. The zero-order valence-corrected chi connectivity index (χ0v) is 18.3. The molecule has 0 atom stereocenters. The van der Waals surface area contributed by atoms with Crippen molar-refractivity contribution < 1.29 is 0 Å². The second-order valence-electron chi connectivity index (χ2n) is 9.45. The van der Waals surface area contributed by atoms with Gasteiger partial charge >= 0.3 is 0 Å². The predicted octanol–water partition coefficient (Wildman–Crippen LogP) is 7.51. The van der Waals surface area contributed by atoms with E-state index in [1.807, 2.05) is 6.20 Å². The number of rotatable bonds is 2. The van der Waals surface area contributed by atoms with Gasteiger partial charge in [0.25, 0.3) is 0 Å². The van der Waals surface area contributed by atoms with Crippen LogP contribution in [0, 0.1) is 26.7 Å². The molecule has 6 rings (SSSR count). The average molecular weight is 391 g/mol. The van der Waals surface area contributed by atoms with Gasteiger partial charge in [-0.3, -0.25) is 4.98 Å². The van der Waals surface area contributed by atoms with Crippen LogP contribution >= 0.6 is 0 Å². The fourth-order valence-electron chi connectivity index (χ4n) is 5.55. The topological polar surface area (TPSA) is 17.3 Å². The van der Waals surface area contributed by atoms with E-state index in [-0.39, 0.29) is 0 Å². The molecule has 0 saturated carbocycles. The van der Waals surface area contributed by atoms with Gasteiger partial charge < -0.3 is 4.40 Å². The summed E-state index contributed by atoms with van der Waals surface area (Å²) in [6, 6.07) is 16.1. The van der Waals surface area contributed by atoms with Gasteiger partial charge in [0.05, 0.1) is 22.1 Å². The summed E-state index contributed by atoms with van der Waals surface area (Å²) in [7, 11) is 0. The molecule has 0 spiro atoms. The Morgan fingerprint density at radius 3 is 2.43 bits per heavy atom.